The summed E-state index contributed by atoms with van der Waals surface area (Å²) in [7, 11) is 0. The second-order valence-electron chi connectivity index (χ2n) is 5.83. The van der Waals surface area contributed by atoms with E-state index in [0.717, 1.165) is 65.0 Å². The van der Waals surface area contributed by atoms with Crippen molar-refractivity contribution < 1.29 is 14.6 Å². The van der Waals surface area contributed by atoms with Crippen LogP contribution in [0.25, 0.3) is 0 Å². The quantitative estimate of drug-likeness (QED) is 0.834. The molecule has 0 aromatic rings. The molecule has 0 spiro atoms. The van der Waals surface area contributed by atoms with Crippen LogP contribution >= 0.6 is 0 Å². The Morgan fingerprint density at radius 3 is 2.78 bits per heavy atom. The number of carboxylic acid groups (broad SMARTS) is 1. The summed E-state index contributed by atoms with van der Waals surface area (Å²) < 4.78 is 5.38. The average Bonchev–Trinajstić information content (AvgIpc) is 2.40. The van der Waals surface area contributed by atoms with Crippen molar-refractivity contribution in [1.29, 1.82) is 0 Å². The topological polar surface area (TPSA) is 49.8 Å². The van der Waals surface area contributed by atoms with Gasteiger partial charge in [-0.05, 0) is 44.6 Å². The smallest absolute Gasteiger partial charge is 0.310 e. The number of hydrogen-bond donors (Lipinski definition) is 1. The molecule has 2 heterocycles. The van der Waals surface area contributed by atoms with Gasteiger partial charge in [-0.15, -0.1) is 0 Å². The van der Waals surface area contributed by atoms with Gasteiger partial charge in [0.15, 0.2) is 0 Å². The lowest BCUT2D eigenvalue weighted by atomic mass is 9.77. The fourth-order valence-corrected chi connectivity index (χ4v) is 3.29. The molecule has 1 N–H and O–H groups in total. The number of ether oxygens (including phenoxy) is 1. The van der Waals surface area contributed by atoms with E-state index in [1.807, 2.05) is 6.92 Å². The van der Waals surface area contributed by atoms with Crippen LogP contribution in [-0.4, -0.2) is 48.8 Å². The third-order valence-corrected chi connectivity index (χ3v) is 4.64. The van der Waals surface area contributed by atoms with Gasteiger partial charge in [0.1, 0.15) is 0 Å². The Morgan fingerprint density at radius 1 is 1.44 bits per heavy atom. The lowest BCUT2D eigenvalue weighted by molar-refractivity contribution is -0.153. The van der Waals surface area contributed by atoms with Gasteiger partial charge in [0.2, 0.25) is 0 Å². The maximum Gasteiger partial charge on any atom is 0.310 e. The van der Waals surface area contributed by atoms with E-state index in [9.17, 15) is 9.90 Å². The first kappa shape index (κ1) is 13.8. The number of hydrogen-bond acceptors (Lipinski definition) is 3. The van der Waals surface area contributed by atoms with E-state index in [4.69, 9.17) is 4.74 Å². The third kappa shape index (κ3) is 3.04. The van der Waals surface area contributed by atoms with Crippen molar-refractivity contribution >= 4 is 5.97 Å². The minimum absolute atomic E-state index is 0.497. The van der Waals surface area contributed by atoms with Gasteiger partial charge in [-0.3, -0.25) is 4.79 Å². The Balaban J connectivity index is 1.91. The number of piperidine rings is 1. The highest BCUT2D eigenvalue weighted by Gasteiger charge is 2.41. The fraction of sp³-hybridized carbons (Fsp3) is 0.929. The number of rotatable bonds is 4. The maximum absolute atomic E-state index is 11.5. The molecule has 1 unspecified atom stereocenters. The van der Waals surface area contributed by atoms with E-state index in [1.54, 1.807) is 0 Å². The van der Waals surface area contributed by atoms with Crippen LogP contribution in [0.15, 0.2) is 0 Å². The maximum atomic E-state index is 11.5. The zero-order chi connectivity index (χ0) is 13.0. The van der Waals surface area contributed by atoms with E-state index in [-0.39, 0.29) is 0 Å². The van der Waals surface area contributed by atoms with Crippen molar-refractivity contribution in [2.24, 2.45) is 11.3 Å². The number of carboxylic acids is 1. The summed E-state index contributed by atoms with van der Waals surface area (Å²) in [6.45, 7) is 6.60. The first-order valence-corrected chi connectivity index (χ1v) is 7.20. The van der Waals surface area contributed by atoms with Crippen molar-refractivity contribution in [3.8, 4) is 0 Å². The monoisotopic (exact) mass is 255 g/mol. The average molecular weight is 255 g/mol. The fourth-order valence-electron chi connectivity index (χ4n) is 3.29. The molecule has 2 aliphatic rings. The van der Waals surface area contributed by atoms with Gasteiger partial charge in [0, 0.05) is 26.3 Å². The Labute approximate surface area is 109 Å². The van der Waals surface area contributed by atoms with Crippen LogP contribution in [0.3, 0.4) is 0 Å². The Morgan fingerprint density at radius 2 is 2.17 bits per heavy atom. The van der Waals surface area contributed by atoms with E-state index in [1.165, 1.54) is 0 Å². The van der Waals surface area contributed by atoms with Gasteiger partial charge in [-0.1, -0.05) is 6.92 Å². The van der Waals surface area contributed by atoms with Crippen molar-refractivity contribution in [1.82, 2.24) is 4.90 Å². The molecule has 4 nitrogen and oxygen atoms in total. The zero-order valence-electron chi connectivity index (χ0n) is 11.4. The summed E-state index contributed by atoms with van der Waals surface area (Å²) in [6.07, 6.45) is 4.85. The van der Waals surface area contributed by atoms with Gasteiger partial charge < -0.3 is 14.7 Å². The molecule has 2 saturated heterocycles. The first-order valence-electron chi connectivity index (χ1n) is 7.20. The molecule has 0 saturated carbocycles. The van der Waals surface area contributed by atoms with Crippen LogP contribution in [0.4, 0.5) is 0 Å². The lowest BCUT2D eigenvalue weighted by Crippen LogP contribution is -2.49. The van der Waals surface area contributed by atoms with Crippen molar-refractivity contribution in [2.75, 3.05) is 32.8 Å². The molecule has 4 heteroatoms. The van der Waals surface area contributed by atoms with Gasteiger partial charge in [-0.2, -0.15) is 0 Å². The van der Waals surface area contributed by atoms with Crippen molar-refractivity contribution in [2.45, 2.75) is 39.0 Å². The molecular formula is C14H25NO3. The number of likely N-dealkylation sites (tertiary alicyclic amines) is 1. The van der Waals surface area contributed by atoms with Crippen molar-refractivity contribution in [3.63, 3.8) is 0 Å². The predicted octanol–water partition coefficient (Wildman–Crippen LogP) is 1.99. The molecule has 104 valence electrons. The van der Waals surface area contributed by atoms with E-state index in [2.05, 4.69) is 4.90 Å². The first-order chi connectivity index (χ1) is 8.66. The summed E-state index contributed by atoms with van der Waals surface area (Å²) in [5.41, 5.74) is -0.497. The predicted molar refractivity (Wildman–Crippen MR) is 69.6 cm³/mol. The van der Waals surface area contributed by atoms with Crippen LogP contribution in [0, 0.1) is 11.3 Å². The van der Waals surface area contributed by atoms with E-state index in [0.29, 0.717) is 5.92 Å². The standard InChI is InChI=1S/C14H25NO3/c1-2-14(13(16)17)6-3-7-15(11-14)10-12-4-8-18-9-5-12/h12H,2-11H2,1H3,(H,16,17). The molecule has 2 fully saturated rings. The van der Waals surface area contributed by atoms with Crippen molar-refractivity contribution in [3.05, 3.63) is 0 Å². The van der Waals surface area contributed by atoms with Gasteiger partial charge in [0.05, 0.1) is 5.41 Å². The minimum Gasteiger partial charge on any atom is -0.481 e. The lowest BCUT2D eigenvalue weighted by Gasteiger charge is -2.41. The minimum atomic E-state index is -0.610. The Kier molecular flexibility index (Phi) is 4.62. The van der Waals surface area contributed by atoms with Crippen LogP contribution in [0.2, 0.25) is 0 Å². The largest absolute Gasteiger partial charge is 0.481 e. The molecule has 2 rings (SSSR count). The molecular weight excluding hydrogens is 230 g/mol. The second kappa shape index (κ2) is 6.02. The molecule has 0 aromatic heterocycles. The summed E-state index contributed by atoms with van der Waals surface area (Å²) in [5.74, 6) is 0.0851. The molecule has 18 heavy (non-hydrogen) atoms. The molecule has 0 aliphatic carbocycles. The van der Waals surface area contributed by atoms with Gasteiger partial charge in [-0.25, -0.2) is 0 Å². The van der Waals surface area contributed by atoms with Gasteiger partial charge in [0.25, 0.3) is 0 Å². The normalized spacial score (nSPS) is 31.4. The summed E-state index contributed by atoms with van der Waals surface area (Å²) in [5, 5.41) is 9.47. The van der Waals surface area contributed by atoms with Gasteiger partial charge >= 0.3 is 5.97 Å². The van der Waals surface area contributed by atoms with Crippen LogP contribution in [0.5, 0.6) is 0 Å². The Hall–Kier alpha value is -0.610. The highest BCUT2D eigenvalue weighted by molar-refractivity contribution is 5.75. The zero-order valence-corrected chi connectivity index (χ0v) is 11.4. The summed E-state index contributed by atoms with van der Waals surface area (Å²) >= 11 is 0. The number of nitrogens with zero attached hydrogens (tertiary/aromatic N) is 1. The highest BCUT2D eigenvalue weighted by atomic mass is 16.5. The molecule has 0 radical (unpaired) electrons. The van der Waals surface area contributed by atoms with E-state index < -0.39 is 11.4 Å². The SMILES string of the molecule is CCC1(C(=O)O)CCCN(CC2CCOCC2)C1. The molecule has 0 amide bonds. The molecule has 0 aromatic carbocycles. The second-order valence-corrected chi connectivity index (χ2v) is 5.83. The number of carbonyl (C=O) groups is 1. The van der Waals surface area contributed by atoms with Crippen LogP contribution < -0.4 is 0 Å². The Bertz CT molecular complexity index is 289. The third-order valence-electron chi connectivity index (χ3n) is 4.64. The molecule has 2 aliphatic heterocycles. The highest BCUT2D eigenvalue weighted by Crippen LogP contribution is 2.34. The van der Waals surface area contributed by atoms with Crippen LogP contribution in [0.1, 0.15) is 39.0 Å². The molecule has 0 bridgehead atoms. The number of aliphatic carboxylic acids is 1. The summed E-state index contributed by atoms with van der Waals surface area (Å²) in [4.78, 5) is 13.9. The van der Waals surface area contributed by atoms with Crippen LogP contribution in [-0.2, 0) is 9.53 Å². The van der Waals surface area contributed by atoms with E-state index >= 15 is 0 Å². The summed E-state index contributed by atoms with van der Waals surface area (Å²) in [6, 6.07) is 0. The molecule has 1 atom stereocenters.